The molecule has 0 bridgehead atoms. The summed E-state index contributed by atoms with van der Waals surface area (Å²) in [7, 11) is 2.04. The Labute approximate surface area is 125 Å². The third kappa shape index (κ3) is 26.2. The number of imidazole rings is 1. The predicted molar refractivity (Wildman–Crippen MR) is 67.5 cm³/mol. The SMILES string of the molecule is CCCCn1cc[n+](C)c1.[CH-]=O.[CH-]=O.[CH-]=O.[CH-]=O.[Co]. The average Bonchev–Trinajstić information content (AvgIpc) is 2.91. The number of aromatic nitrogens is 2. The molecule has 0 spiro atoms. The summed E-state index contributed by atoms with van der Waals surface area (Å²) in [5.41, 5.74) is 0. The molecule has 0 saturated heterocycles. The summed E-state index contributed by atoms with van der Waals surface area (Å²) in [5, 5.41) is 0. The molecule has 0 aliphatic rings. The molecule has 1 radical (unpaired) electrons. The largest absolute Gasteiger partial charge is 0.545 e. The minimum Gasteiger partial charge on any atom is -0.545 e. The molecular formula is C12H19CoN2O4-3. The second-order valence-electron chi connectivity index (χ2n) is 2.67. The van der Waals surface area contributed by atoms with E-state index in [0.29, 0.717) is 0 Å². The second kappa shape index (κ2) is 36.0. The zero-order chi connectivity index (χ0) is 15.4. The van der Waals surface area contributed by atoms with Gasteiger partial charge in [-0.3, -0.25) is 27.2 Å². The van der Waals surface area contributed by atoms with E-state index < -0.39 is 0 Å². The molecule has 0 atom stereocenters. The van der Waals surface area contributed by atoms with Gasteiger partial charge in [0.25, 0.3) is 0 Å². The molecule has 1 aromatic rings. The fraction of sp³-hybridized carbons (Fsp3) is 0.417. The van der Waals surface area contributed by atoms with Crippen LogP contribution < -0.4 is 4.57 Å². The smallest absolute Gasteiger partial charge is 0.243 e. The topological polar surface area (TPSA) is 77.1 Å². The van der Waals surface area contributed by atoms with Gasteiger partial charge in [0.2, 0.25) is 6.33 Å². The average molecular weight is 314 g/mol. The maximum atomic E-state index is 7.75. The first-order chi connectivity index (χ1) is 8.83. The first-order valence-corrected chi connectivity index (χ1v) is 4.78. The van der Waals surface area contributed by atoms with E-state index in [-0.39, 0.29) is 16.8 Å². The molecule has 0 aliphatic carbocycles. The Morgan fingerprint density at radius 3 is 1.68 bits per heavy atom. The molecule has 0 N–H and O–H groups in total. The van der Waals surface area contributed by atoms with Crippen molar-refractivity contribution in [3.05, 3.63) is 18.7 Å². The Bertz CT molecular complexity index is 252. The van der Waals surface area contributed by atoms with Crippen molar-refractivity contribution in [2.75, 3.05) is 0 Å². The molecule has 6 nitrogen and oxygen atoms in total. The predicted octanol–water partition coefficient (Wildman–Crippen LogP) is 0.0138. The molecule has 19 heavy (non-hydrogen) atoms. The van der Waals surface area contributed by atoms with Crippen LogP contribution in [0, 0.1) is 0 Å². The molecule has 0 fully saturated rings. The molecule has 0 saturated carbocycles. The summed E-state index contributed by atoms with van der Waals surface area (Å²) in [5.74, 6) is 0. The van der Waals surface area contributed by atoms with Crippen LogP contribution in [-0.4, -0.2) is 31.7 Å². The first kappa shape index (κ1) is 30.4. The third-order valence-corrected chi connectivity index (χ3v) is 1.59. The van der Waals surface area contributed by atoms with Gasteiger partial charge in [-0.15, -0.1) is 0 Å². The van der Waals surface area contributed by atoms with Gasteiger partial charge in [0.15, 0.2) is 0 Å². The van der Waals surface area contributed by atoms with Gasteiger partial charge in [-0.05, 0) is 6.42 Å². The summed E-state index contributed by atoms with van der Waals surface area (Å²) in [6, 6.07) is 0. The molecular weight excluding hydrogens is 295 g/mol. The number of carbonyl (C=O) groups excluding carboxylic acids is 4. The molecule has 1 heterocycles. The van der Waals surface area contributed by atoms with Crippen LogP contribution >= 0.6 is 0 Å². The van der Waals surface area contributed by atoms with Crippen LogP contribution in [-0.2, 0) is 49.5 Å². The van der Waals surface area contributed by atoms with E-state index in [4.69, 9.17) is 19.2 Å². The maximum absolute atomic E-state index is 7.75. The molecule has 1 rings (SSSR count). The van der Waals surface area contributed by atoms with E-state index in [2.05, 4.69) is 61.9 Å². The van der Waals surface area contributed by atoms with E-state index in [9.17, 15) is 0 Å². The minimum absolute atomic E-state index is 0. The quantitative estimate of drug-likeness (QED) is 0.447. The van der Waals surface area contributed by atoms with Gasteiger partial charge in [0.1, 0.15) is 12.4 Å². The fourth-order valence-corrected chi connectivity index (χ4v) is 0.975. The van der Waals surface area contributed by atoms with Crippen LogP contribution in [0.2, 0.25) is 0 Å². The monoisotopic (exact) mass is 314 g/mol. The molecule has 0 aromatic carbocycles. The molecule has 7 heteroatoms. The van der Waals surface area contributed by atoms with Crippen molar-refractivity contribution in [3.63, 3.8) is 0 Å². The normalized spacial score (nSPS) is 6.21. The molecule has 0 aliphatic heterocycles. The number of unbranched alkanes of at least 4 members (excludes halogenated alkanes) is 1. The van der Waals surface area contributed by atoms with Crippen LogP contribution in [0.4, 0.5) is 0 Å². The molecule has 113 valence electrons. The van der Waals surface area contributed by atoms with Gasteiger partial charge < -0.3 is 19.2 Å². The van der Waals surface area contributed by atoms with E-state index in [1.165, 1.54) is 12.8 Å². The van der Waals surface area contributed by atoms with Crippen molar-refractivity contribution in [2.24, 2.45) is 7.05 Å². The van der Waals surface area contributed by atoms with Crippen LogP contribution in [0.15, 0.2) is 18.7 Å². The number of hydrogen-bond acceptors (Lipinski definition) is 4. The van der Waals surface area contributed by atoms with Gasteiger partial charge in [-0.25, -0.2) is 9.13 Å². The van der Waals surface area contributed by atoms with Gasteiger partial charge in [-0.2, -0.15) is 0 Å². The minimum atomic E-state index is 0. The fourth-order valence-electron chi connectivity index (χ4n) is 0.975. The van der Waals surface area contributed by atoms with Crippen molar-refractivity contribution in [3.8, 4) is 0 Å². The van der Waals surface area contributed by atoms with E-state index in [1.807, 2.05) is 7.05 Å². The van der Waals surface area contributed by atoms with Gasteiger partial charge in [-0.1, -0.05) is 13.3 Å². The van der Waals surface area contributed by atoms with Gasteiger partial charge in [0, 0.05) is 16.8 Å². The van der Waals surface area contributed by atoms with Crippen LogP contribution in [0.3, 0.4) is 0 Å². The van der Waals surface area contributed by atoms with E-state index in [0.717, 1.165) is 6.54 Å². The van der Waals surface area contributed by atoms with Crippen LogP contribution in [0.5, 0.6) is 0 Å². The Morgan fingerprint density at radius 1 is 1.00 bits per heavy atom. The number of rotatable bonds is 3. The Morgan fingerprint density at radius 2 is 1.42 bits per heavy atom. The summed E-state index contributed by atoms with van der Waals surface area (Å²) < 4.78 is 4.28. The molecule has 1 aromatic heterocycles. The molecule has 0 amide bonds. The van der Waals surface area contributed by atoms with Crippen molar-refractivity contribution in [1.82, 2.24) is 4.57 Å². The summed E-state index contributed by atoms with van der Waals surface area (Å²) >= 11 is 0. The summed E-state index contributed by atoms with van der Waals surface area (Å²) in [4.78, 5) is 31.0. The van der Waals surface area contributed by atoms with Crippen LogP contribution in [0.1, 0.15) is 19.8 Å². The Hall–Kier alpha value is -1.60. The zero-order valence-corrected chi connectivity index (χ0v) is 12.1. The maximum Gasteiger partial charge on any atom is 0.243 e. The Balaban J connectivity index is -0.0000000628. The Kier molecular flexibility index (Phi) is 57.6. The third-order valence-electron chi connectivity index (χ3n) is 1.59. The van der Waals surface area contributed by atoms with Crippen molar-refractivity contribution < 1.29 is 40.5 Å². The van der Waals surface area contributed by atoms with Crippen molar-refractivity contribution >= 4 is 27.2 Å². The van der Waals surface area contributed by atoms with E-state index in [1.54, 1.807) is 0 Å². The number of aryl methyl sites for hydroxylation is 2. The summed E-state index contributed by atoms with van der Waals surface area (Å²) in [6.07, 6.45) is 8.82. The number of nitrogens with zero attached hydrogens (tertiary/aromatic N) is 2. The zero-order valence-electron chi connectivity index (χ0n) is 11.0. The van der Waals surface area contributed by atoms with Crippen molar-refractivity contribution in [1.29, 1.82) is 0 Å². The second-order valence-corrected chi connectivity index (χ2v) is 2.67. The van der Waals surface area contributed by atoms with Crippen LogP contribution in [0.25, 0.3) is 0 Å². The van der Waals surface area contributed by atoms with Gasteiger partial charge in [0.05, 0.1) is 13.6 Å². The number of hydrogen-bond donors (Lipinski definition) is 0. The standard InChI is InChI=1S/C8H15N2.4CHO.Co/c1-3-4-5-10-7-6-9(2)8-10;4*1-2;/h6-8H,3-5H2,1-2H3;4*1H;/q+1;4*-1;. The molecule has 0 unspecified atom stereocenters. The van der Waals surface area contributed by atoms with Crippen molar-refractivity contribution in [2.45, 2.75) is 26.3 Å². The van der Waals surface area contributed by atoms with Gasteiger partial charge >= 0.3 is 0 Å². The van der Waals surface area contributed by atoms with E-state index >= 15 is 0 Å². The summed E-state index contributed by atoms with van der Waals surface area (Å²) in [6.45, 7) is 16.4. The first-order valence-electron chi connectivity index (χ1n) is 4.78.